The average molecular weight is 380 g/mol. The second-order valence-electron chi connectivity index (χ2n) is 7.25. The van der Waals surface area contributed by atoms with Gasteiger partial charge in [-0.05, 0) is 31.2 Å². The number of furan rings is 1. The molecule has 6 nitrogen and oxygen atoms in total. The van der Waals surface area contributed by atoms with Crippen molar-refractivity contribution in [2.24, 2.45) is 0 Å². The van der Waals surface area contributed by atoms with E-state index in [0.717, 1.165) is 5.56 Å². The Hall–Kier alpha value is -2.91. The monoisotopic (exact) mass is 380 g/mol. The number of aliphatic hydroxyl groups is 1. The number of rotatable bonds is 6. The smallest absolute Gasteiger partial charge is 0.255 e. The molecule has 3 rings (SSSR count). The predicted molar refractivity (Wildman–Crippen MR) is 103 cm³/mol. The van der Waals surface area contributed by atoms with Gasteiger partial charge in [-0.25, -0.2) is 0 Å². The molecule has 2 aromatic rings. The van der Waals surface area contributed by atoms with E-state index >= 15 is 0 Å². The zero-order chi connectivity index (χ0) is 20.1. The quantitative estimate of drug-likeness (QED) is 0.746. The summed E-state index contributed by atoms with van der Waals surface area (Å²) < 4.78 is 5.77. The van der Waals surface area contributed by atoms with Gasteiger partial charge in [0.2, 0.25) is 0 Å². The number of benzene rings is 1. The highest BCUT2D eigenvalue weighted by atomic mass is 16.3. The number of aliphatic hydroxyl groups excluding tert-OH is 1. The van der Waals surface area contributed by atoms with Gasteiger partial charge in [0.15, 0.2) is 11.5 Å². The minimum Gasteiger partial charge on any atom is -0.456 e. The highest BCUT2D eigenvalue weighted by Crippen LogP contribution is 2.33. The fourth-order valence-electron chi connectivity index (χ4n) is 3.64. The van der Waals surface area contributed by atoms with Gasteiger partial charge in [-0.15, -0.1) is 0 Å². The Kier molecular flexibility index (Phi) is 6.27. The van der Waals surface area contributed by atoms with E-state index in [4.69, 9.17) is 4.42 Å². The molecule has 0 spiro atoms. The fraction of sp³-hybridized carbons (Fsp3) is 0.409. The Bertz CT molecular complexity index is 874. The summed E-state index contributed by atoms with van der Waals surface area (Å²) in [5.41, 5.74) is 1.14. The van der Waals surface area contributed by atoms with Crippen LogP contribution in [-0.4, -0.2) is 28.9 Å². The lowest BCUT2D eigenvalue weighted by atomic mass is 9.90. The molecule has 1 atom stereocenters. The zero-order valence-electron chi connectivity index (χ0n) is 15.9. The average Bonchev–Trinajstić information content (AvgIpc) is 3.14. The molecule has 1 aromatic carbocycles. The van der Waals surface area contributed by atoms with Crippen molar-refractivity contribution in [2.45, 2.75) is 57.1 Å². The minimum atomic E-state index is -0.437. The fourth-order valence-corrected chi connectivity index (χ4v) is 3.64. The second kappa shape index (κ2) is 8.85. The van der Waals surface area contributed by atoms with E-state index in [1.807, 2.05) is 30.3 Å². The van der Waals surface area contributed by atoms with Crippen LogP contribution < -0.4 is 5.32 Å². The van der Waals surface area contributed by atoms with E-state index in [1.165, 1.54) is 13.0 Å². The molecule has 0 bridgehead atoms. The van der Waals surface area contributed by atoms with Gasteiger partial charge in [-0.2, -0.15) is 5.26 Å². The first kappa shape index (κ1) is 19.8. The van der Waals surface area contributed by atoms with Crippen molar-refractivity contribution >= 4 is 11.7 Å². The van der Waals surface area contributed by atoms with Crippen LogP contribution in [0.2, 0.25) is 0 Å². The van der Waals surface area contributed by atoms with Gasteiger partial charge < -0.3 is 14.8 Å². The standard InChI is InChI=1S/C22H24N2O4/c1-14(25)20-13-19(22(27)24-16-7-9-17(26)10-8-16)21(28-20)18(11-12-23)15-5-3-2-4-6-15/h2-6,13,16-18,26H,7-11H2,1H3,(H,24,27). The number of hydrogen-bond donors (Lipinski definition) is 2. The predicted octanol–water partition coefficient (Wildman–Crippen LogP) is 3.56. The van der Waals surface area contributed by atoms with Gasteiger partial charge in [0.25, 0.3) is 5.91 Å². The van der Waals surface area contributed by atoms with Crippen molar-refractivity contribution in [3.8, 4) is 6.07 Å². The maximum atomic E-state index is 13.0. The van der Waals surface area contributed by atoms with E-state index < -0.39 is 5.92 Å². The van der Waals surface area contributed by atoms with Crippen molar-refractivity contribution < 1.29 is 19.1 Å². The molecule has 1 aliphatic carbocycles. The summed E-state index contributed by atoms with van der Waals surface area (Å²) in [6.07, 6.45) is 2.55. The zero-order valence-corrected chi connectivity index (χ0v) is 15.9. The number of nitrogens with one attached hydrogen (secondary N) is 1. The van der Waals surface area contributed by atoms with Gasteiger partial charge >= 0.3 is 0 Å². The van der Waals surface area contributed by atoms with Gasteiger partial charge in [0.1, 0.15) is 5.76 Å². The van der Waals surface area contributed by atoms with Crippen molar-refractivity contribution in [3.63, 3.8) is 0 Å². The SMILES string of the molecule is CC(=O)c1cc(C(=O)NC2CCC(O)CC2)c(C(CC#N)c2ccccc2)o1. The molecule has 0 saturated heterocycles. The van der Waals surface area contributed by atoms with E-state index in [0.29, 0.717) is 37.0 Å². The first-order valence-electron chi connectivity index (χ1n) is 9.55. The first-order chi connectivity index (χ1) is 13.5. The summed E-state index contributed by atoms with van der Waals surface area (Å²) in [6.45, 7) is 1.38. The van der Waals surface area contributed by atoms with Crippen LogP contribution >= 0.6 is 0 Å². The molecule has 146 valence electrons. The lowest BCUT2D eigenvalue weighted by Crippen LogP contribution is -2.38. The van der Waals surface area contributed by atoms with E-state index in [9.17, 15) is 20.0 Å². The van der Waals surface area contributed by atoms with Crippen molar-refractivity contribution in [1.82, 2.24) is 5.32 Å². The molecular weight excluding hydrogens is 356 g/mol. The molecular formula is C22H24N2O4. The van der Waals surface area contributed by atoms with Crippen LogP contribution in [0.4, 0.5) is 0 Å². The molecule has 2 N–H and O–H groups in total. The third-order valence-corrected chi connectivity index (χ3v) is 5.20. The van der Waals surface area contributed by atoms with Crippen LogP contribution in [0.1, 0.15) is 77.2 Å². The van der Waals surface area contributed by atoms with E-state index in [1.54, 1.807) is 0 Å². The molecule has 1 aliphatic rings. The maximum Gasteiger partial charge on any atom is 0.255 e. The number of Topliss-reactive ketones (excluding diaryl/α,β-unsaturated/α-hetero) is 1. The first-order valence-corrected chi connectivity index (χ1v) is 9.55. The van der Waals surface area contributed by atoms with Crippen LogP contribution in [0.25, 0.3) is 0 Å². The molecule has 28 heavy (non-hydrogen) atoms. The Balaban J connectivity index is 1.93. The van der Waals surface area contributed by atoms with Crippen LogP contribution in [0.15, 0.2) is 40.8 Å². The molecule has 1 saturated carbocycles. The number of nitriles is 1. The maximum absolute atomic E-state index is 13.0. The lowest BCUT2D eigenvalue weighted by molar-refractivity contribution is 0.0865. The van der Waals surface area contributed by atoms with Crippen molar-refractivity contribution in [1.29, 1.82) is 5.26 Å². The van der Waals surface area contributed by atoms with Gasteiger partial charge in [-0.1, -0.05) is 30.3 Å². The van der Waals surface area contributed by atoms with Crippen LogP contribution in [0, 0.1) is 11.3 Å². The summed E-state index contributed by atoms with van der Waals surface area (Å²) in [7, 11) is 0. The van der Waals surface area contributed by atoms with Crippen molar-refractivity contribution in [3.05, 3.63) is 59.0 Å². The highest BCUT2D eigenvalue weighted by molar-refractivity contribution is 5.99. The molecule has 0 radical (unpaired) electrons. The van der Waals surface area contributed by atoms with Crippen molar-refractivity contribution in [2.75, 3.05) is 0 Å². The Labute approximate surface area is 164 Å². The minimum absolute atomic E-state index is 0.0226. The van der Waals surface area contributed by atoms with Crippen LogP contribution in [0.5, 0.6) is 0 Å². The molecule has 1 amide bonds. The topological polar surface area (TPSA) is 103 Å². The van der Waals surface area contributed by atoms with Gasteiger partial charge in [0, 0.05) is 25.5 Å². The third-order valence-electron chi connectivity index (χ3n) is 5.20. The molecule has 1 aromatic heterocycles. The van der Waals surface area contributed by atoms with Crippen LogP contribution in [0.3, 0.4) is 0 Å². The third kappa shape index (κ3) is 4.49. The molecule has 0 aliphatic heterocycles. The van der Waals surface area contributed by atoms with E-state index in [-0.39, 0.29) is 36.0 Å². The summed E-state index contributed by atoms with van der Waals surface area (Å²) in [5.74, 6) is -0.575. The number of nitrogens with zero attached hydrogens (tertiary/aromatic N) is 1. The number of amides is 1. The van der Waals surface area contributed by atoms with Gasteiger partial charge in [-0.3, -0.25) is 9.59 Å². The van der Waals surface area contributed by atoms with Gasteiger partial charge in [0.05, 0.1) is 23.7 Å². The lowest BCUT2D eigenvalue weighted by Gasteiger charge is -2.26. The van der Waals surface area contributed by atoms with E-state index in [2.05, 4.69) is 11.4 Å². The summed E-state index contributed by atoms with van der Waals surface area (Å²) in [6, 6.07) is 13.0. The summed E-state index contributed by atoms with van der Waals surface area (Å²) in [5, 5.41) is 21.9. The Morgan fingerprint density at radius 1 is 1.25 bits per heavy atom. The Morgan fingerprint density at radius 2 is 1.93 bits per heavy atom. The van der Waals surface area contributed by atoms with Crippen LogP contribution in [-0.2, 0) is 0 Å². The summed E-state index contributed by atoms with van der Waals surface area (Å²) >= 11 is 0. The molecule has 1 heterocycles. The number of hydrogen-bond acceptors (Lipinski definition) is 5. The molecule has 1 fully saturated rings. The molecule has 6 heteroatoms. The Morgan fingerprint density at radius 3 is 2.54 bits per heavy atom. The summed E-state index contributed by atoms with van der Waals surface area (Å²) in [4.78, 5) is 24.8. The number of carbonyl (C=O) groups excluding carboxylic acids is 2. The largest absolute Gasteiger partial charge is 0.456 e. The molecule has 1 unspecified atom stereocenters. The normalized spacial score (nSPS) is 20.2. The number of ketones is 1. The second-order valence-corrected chi connectivity index (χ2v) is 7.25. The number of carbonyl (C=O) groups is 2. The highest BCUT2D eigenvalue weighted by Gasteiger charge is 2.29.